The zero-order valence-corrected chi connectivity index (χ0v) is 15.6. The van der Waals surface area contributed by atoms with Gasteiger partial charge in [-0.1, -0.05) is 0 Å². The number of ether oxygens (including phenoxy) is 1. The van der Waals surface area contributed by atoms with E-state index in [0.29, 0.717) is 29.5 Å². The Balaban J connectivity index is 1.57. The molecule has 0 spiro atoms. The van der Waals surface area contributed by atoms with Crippen LogP contribution in [0.1, 0.15) is 21.6 Å². The minimum atomic E-state index is -0.345. The van der Waals surface area contributed by atoms with Gasteiger partial charge in [0.1, 0.15) is 5.82 Å². The number of esters is 1. The van der Waals surface area contributed by atoms with Gasteiger partial charge in [0.05, 0.1) is 24.3 Å². The highest BCUT2D eigenvalue weighted by Gasteiger charge is 2.24. The molecule has 0 unspecified atom stereocenters. The van der Waals surface area contributed by atoms with Crippen LogP contribution in [0.3, 0.4) is 0 Å². The molecular weight excluding hydrogens is 358 g/mol. The van der Waals surface area contributed by atoms with Gasteiger partial charge in [0.15, 0.2) is 5.65 Å². The van der Waals surface area contributed by atoms with Gasteiger partial charge in [0.2, 0.25) is 5.95 Å². The summed E-state index contributed by atoms with van der Waals surface area (Å²) >= 11 is 0. The molecule has 0 atom stereocenters. The summed E-state index contributed by atoms with van der Waals surface area (Å²) in [4.78, 5) is 26.6. The molecule has 1 aliphatic heterocycles. The quantitative estimate of drug-likeness (QED) is 0.512. The zero-order valence-electron chi connectivity index (χ0n) is 15.6. The number of nitrogens with one attached hydrogen (secondary N) is 1. The standard InChI is InChI=1S/C19H19N7O2/c1-25-17-12(8-21-25)16(20)23-19(24-17)26-6-5-15-13(9-26)11-7-10(18(27)28-2)3-4-14(11)22-15/h3-4,7-8,22H,5-6,9H2,1-2H3,(H2,20,23,24). The van der Waals surface area contributed by atoms with Crippen molar-refractivity contribution in [2.45, 2.75) is 13.0 Å². The molecule has 0 saturated carbocycles. The highest BCUT2D eigenvalue weighted by atomic mass is 16.5. The zero-order chi connectivity index (χ0) is 19.4. The molecule has 0 amide bonds. The average Bonchev–Trinajstić information content (AvgIpc) is 3.27. The SMILES string of the molecule is COC(=O)c1ccc2[nH]c3c(c2c1)CN(c1nc(N)c2cnn(C)c2n1)CC3. The van der Waals surface area contributed by atoms with E-state index < -0.39 is 0 Å². The summed E-state index contributed by atoms with van der Waals surface area (Å²) in [6.07, 6.45) is 2.50. The molecule has 0 aliphatic carbocycles. The summed E-state index contributed by atoms with van der Waals surface area (Å²) in [5, 5.41) is 5.97. The lowest BCUT2D eigenvalue weighted by molar-refractivity contribution is 0.0601. The summed E-state index contributed by atoms with van der Waals surface area (Å²) in [6, 6.07) is 5.56. The van der Waals surface area contributed by atoms with Gasteiger partial charge in [-0.2, -0.15) is 15.1 Å². The molecule has 0 bridgehead atoms. The van der Waals surface area contributed by atoms with Gasteiger partial charge in [-0.3, -0.25) is 4.68 Å². The maximum absolute atomic E-state index is 11.9. The van der Waals surface area contributed by atoms with Crippen LogP contribution in [0.25, 0.3) is 21.9 Å². The van der Waals surface area contributed by atoms with Crippen molar-refractivity contribution in [3.63, 3.8) is 0 Å². The molecule has 4 heterocycles. The fourth-order valence-electron chi connectivity index (χ4n) is 3.80. The number of fused-ring (bicyclic) bond motifs is 4. The first-order chi connectivity index (χ1) is 13.5. The molecule has 3 aromatic heterocycles. The Labute approximate surface area is 160 Å². The number of nitrogen functional groups attached to an aromatic ring is 1. The molecular formula is C19H19N7O2. The molecule has 28 heavy (non-hydrogen) atoms. The monoisotopic (exact) mass is 377 g/mol. The highest BCUT2D eigenvalue weighted by molar-refractivity contribution is 5.96. The second-order valence-corrected chi connectivity index (χ2v) is 6.92. The first-order valence-corrected chi connectivity index (χ1v) is 8.97. The number of rotatable bonds is 2. The van der Waals surface area contributed by atoms with Gasteiger partial charge in [0.25, 0.3) is 0 Å². The first-order valence-electron chi connectivity index (χ1n) is 8.97. The summed E-state index contributed by atoms with van der Waals surface area (Å²) in [5.74, 6) is 0.658. The Morgan fingerprint density at radius 3 is 2.96 bits per heavy atom. The molecule has 142 valence electrons. The molecule has 0 radical (unpaired) electrons. The third-order valence-corrected chi connectivity index (χ3v) is 5.29. The van der Waals surface area contributed by atoms with Crippen molar-refractivity contribution < 1.29 is 9.53 Å². The number of H-pyrrole nitrogens is 1. The summed E-state index contributed by atoms with van der Waals surface area (Å²) in [5.41, 5.74) is 10.7. The van der Waals surface area contributed by atoms with E-state index in [9.17, 15) is 4.79 Å². The summed E-state index contributed by atoms with van der Waals surface area (Å²) in [7, 11) is 3.22. The number of hydrogen-bond acceptors (Lipinski definition) is 7. The average molecular weight is 377 g/mol. The number of anilines is 2. The lowest BCUT2D eigenvalue weighted by Gasteiger charge is -2.27. The lowest BCUT2D eigenvalue weighted by atomic mass is 10.0. The third-order valence-electron chi connectivity index (χ3n) is 5.29. The number of aromatic nitrogens is 5. The number of carbonyl (C=O) groups is 1. The number of methoxy groups -OCH3 is 1. The Morgan fingerprint density at radius 2 is 2.14 bits per heavy atom. The largest absolute Gasteiger partial charge is 0.465 e. The van der Waals surface area contributed by atoms with E-state index in [1.165, 1.54) is 12.8 Å². The number of nitrogens with zero attached hydrogens (tertiary/aromatic N) is 5. The number of benzene rings is 1. The third kappa shape index (κ3) is 2.39. The maximum Gasteiger partial charge on any atom is 0.337 e. The maximum atomic E-state index is 11.9. The van der Waals surface area contributed by atoms with Gasteiger partial charge in [-0.05, 0) is 18.2 Å². The topological polar surface area (TPSA) is 115 Å². The Hall–Kier alpha value is -3.62. The van der Waals surface area contributed by atoms with Crippen molar-refractivity contribution in [3.8, 4) is 0 Å². The number of aromatic amines is 1. The smallest absolute Gasteiger partial charge is 0.337 e. The van der Waals surface area contributed by atoms with Crippen LogP contribution in [0.2, 0.25) is 0 Å². The van der Waals surface area contributed by atoms with Crippen LogP contribution >= 0.6 is 0 Å². The molecule has 3 N–H and O–H groups in total. The van der Waals surface area contributed by atoms with Crippen molar-refractivity contribution in [1.82, 2.24) is 24.7 Å². The molecule has 0 fully saturated rings. The van der Waals surface area contributed by atoms with E-state index >= 15 is 0 Å². The van der Waals surface area contributed by atoms with Crippen molar-refractivity contribution in [1.29, 1.82) is 0 Å². The van der Waals surface area contributed by atoms with Crippen LogP contribution in [-0.2, 0) is 24.8 Å². The van der Waals surface area contributed by atoms with Crippen LogP contribution < -0.4 is 10.6 Å². The van der Waals surface area contributed by atoms with Crippen LogP contribution in [0, 0.1) is 0 Å². The van der Waals surface area contributed by atoms with Crippen molar-refractivity contribution in [2.75, 3.05) is 24.3 Å². The molecule has 5 rings (SSSR count). The van der Waals surface area contributed by atoms with E-state index in [4.69, 9.17) is 10.5 Å². The molecule has 1 aliphatic rings. The molecule has 9 nitrogen and oxygen atoms in total. The lowest BCUT2D eigenvalue weighted by Crippen LogP contribution is -2.31. The van der Waals surface area contributed by atoms with Gasteiger partial charge < -0.3 is 20.4 Å². The van der Waals surface area contributed by atoms with E-state index in [2.05, 4.69) is 25.0 Å². The fraction of sp³-hybridized carbons (Fsp3) is 0.263. The van der Waals surface area contributed by atoms with E-state index in [1.807, 2.05) is 19.2 Å². The molecule has 4 aromatic rings. The van der Waals surface area contributed by atoms with Crippen molar-refractivity contribution >= 4 is 39.7 Å². The van der Waals surface area contributed by atoms with Gasteiger partial charge in [-0.25, -0.2) is 4.79 Å². The summed E-state index contributed by atoms with van der Waals surface area (Å²) in [6.45, 7) is 1.40. The Kier molecular flexibility index (Phi) is 3.51. The molecule has 9 heteroatoms. The predicted molar refractivity (Wildman–Crippen MR) is 105 cm³/mol. The van der Waals surface area contributed by atoms with Gasteiger partial charge in [-0.15, -0.1) is 0 Å². The van der Waals surface area contributed by atoms with E-state index in [0.717, 1.165) is 34.8 Å². The predicted octanol–water partition coefficient (Wildman–Crippen LogP) is 1.78. The number of hydrogen-bond donors (Lipinski definition) is 2. The number of aryl methyl sites for hydroxylation is 1. The van der Waals surface area contributed by atoms with Crippen LogP contribution in [0.15, 0.2) is 24.4 Å². The first kappa shape index (κ1) is 16.5. The minimum Gasteiger partial charge on any atom is -0.465 e. The van der Waals surface area contributed by atoms with E-state index in [-0.39, 0.29) is 5.97 Å². The highest BCUT2D eigenvalue weighted by Crippen LogP contribution is 2.31. The van der Waals surface area contributed by atoms with Crippen molar-refractivity contribution in [3.05, 3.63) is 41.2 Å². The van der Waals surface area contributed by atoms with Crippen LogP contribution in [0.5, 0.6) is 0 Å². The second kappa shape index (κ2) is 5.95. The Bertz CT molecular complexity index is 1240. The van der Waals surface area contributed by atoms with Gasteiger partial charge in [0, 0.05) is 48.7 Å². The second-order valence-electron chi connectivity index (χ2n) is 6.92. The molecule has 0 saturated heterocycles. The van der Waals surface area contributed by atoms with Gasteiger partial charge >= 0.3 is 5.97 Å². The number of nitrogens with two attached hydrogens (primary N) is 1. The normalized spacial score (nSPS) is 13.9. The van der Waals surface area contributed by atoms with Crippen LogP contribution in [-0.4, -0.2) is 44.4 Å². The molecule has 1 aromatic carbocycles. The Morgan fingerprint density at radius 1 is 1.29 bits per heavy atom. The fourth-order valence-corrected chi connectivity index (χ4v) is 3.80. The van der Waals surface area contributed by atoms with Crippen LogP contribution in [0.4, 0.5) is 11.8 Å². The van der Waals surface area contributed by atoms with Crippen molar-refractivity contribution in [2.24, 2.45) is 7.05 Å². The summed E-state index contributed by atoms with van der Waals surface area (Å²) < 4.78 is 6.55. The number of carbonyl (C=O) groups excluding carboxylic acids is 1. The van der Waals surface area contributed by atoms with E-state index in [1.54, 1.807) is 16.9 Å². The minimum absolute atomic E-state index is 0.345.